The Morgan fingerprint density at radius 1 is 1.04 bits per heavy atom. The lowest BCUT2D eigenvalue weighted by atomic mass is 9.44. The number of Topliss-reactive ketones (excluding diaryl/α,β-unsaturated/α-hetero) is 1. The van der Waals surface area contributed by atoms with Crippen molar-refractivity contribution in [3.63, 3.8) is 0 Å². The lowest BCUT2D eigenvalue weighted by molar-refractivity contribution is -0.229. The van der Waals surface area contributed by atoms with Crippen LogP contribution < -0.4 is 0 Å². The fraction of sp³-hybridized carbons (Fsp3) is 0.955. The van der Waals surface area contributed by atoms with E-state index in [-0.39, 0.29) is 11.2 Å². The summed E-state index contributed by atoms with van der Waals surface area (Å²) in [5.74, 6) is 3.39. The van der Waals surface area contributed by atoms with E-state index in [0.29, 0.717) is 17.1 Å². The number of hydrogen-bond acceptors (Lipinski definition) is 3. The summed E-state index contributed by atoms with van der Waals surface area (Å²) in [5, 5.41) is 0. The van der Waals surface area contributed by atoms with Gasteiger partial charge in [-0.1, -0.05) is 29.5 Å². The maximum Gasteiger partial charge on any atom is 0.168 e. The van der Waals surface area contributed by atoms with Crippen LogP contribution in [0, 0.1) is 34.5 Å². The molecule has 0 bridgehead atoms. The molecule has 4 aliphatic carbocycles. The van der Waals surface area contributed by atoms with Crippen molar-refractivity contribution in [3.8, 4) is 0 Å². The van der Waals surface area contributed by atoms with Crippen LogP contribution in [-0.4, -0.2) is 29.2 Å². The van der Waals surface area contributed by atoms with Crippen molar-refractivity contribution in [2.24, 2.45) is 34.5 Å². The highest BCUT2D eigenvalue weighted by molar-refractivity contribution is 14.1. The monoisotopic (exact) mass is 472 g/mol. The van der Waals surface area contributed by atoms with Crippen LogP contribution in [0.15, 0.2) is 0 Å². The average molecular weight is 472 g/mol. The molecule has 0 N–H and O–H groups in total. The molecule has 6 atom stereocenters. The first kappa shape index (κ1) is 18.4. The predicted molar refractivity (Wildman–Crippen MR) is 109 cm³/mol. The van der Waals surface area contributed by atoms with E-state index in [1.54, 1.807) is 0 Å². The second-order valence-electron chi connectivity index (χ2n) is 10.1. The quantitative estimate of drug-likeness (QED) is 0.412. The highest BCUT2D eigenvalue weighted by atomic mass is 127. The Labute approximate surface area is 171 Å². The smallest absolute Gasteiger partial charge is 0.168 e. The molecule has 146 valence electrons. The zero-order chi connectivity index (χ0) is 18.0. The van der Waals surface area contributed by atoms with Crippen molar-refractivity contribution < 1.29 is 14.3 Å². The van der Waals surface area contributed by atoms with Gasteiger partial charge in [0.1, 0.15) is 5.78 Å². The zero-order valence-corrected chi connectivity index (χ0v) is 18.3. The molecule has 1 aliphatic heterocycles. The van der Waals surface area contributed by atoms with Gasteiger partial charge in [-0.05, 0) is 74.0 Å². The van der Waals surface area contributed by atoms with Crippen molar-refractivity contribution in [3.05, 3.63) is 0 Å². The Morgan fingerprint density at radius 2 is 1.85 bits per heavy atom. The molecule has 4 unspecified atom stereocenters. The molecule has 4 heteroatoms. The number of hydrogen-bond donors (Lipinski definition) is 0. The lowest BCUT2D eigenvalue weighted by Gasteiger charge is -2.61. The summed E-state index contributed by atoms with van der Waals surface area (Å²) in [7, 11) is 0. The van der Waals surface area contributed by atoms with E-state index in [0.717, 1.165) is 61.1 Å². The highest BCUT2D eigenvalue weighted by Crippen LogP contribution is 2.67. The van der Waals surface area contributed by atoms with E-state index in [1.807, 2.05) is 0 Å². The van der Waals surface area contributed by atoms with Crippen molar-refractivity contribution in [1.29, 1.82) is 0 Å². The minimum Gasteiger partial charge on any atom is -0.348 e. The second-order valence-corrected chi connectivity index (χ2v) is 11.1. The zero-order valence-electron chi connectivity index (χ0n) is 16.1. The van der Waals surface area contributed by atoms with Crippen LogP contribution >= 0.6 is 22.6 Å². The van der Waals surface area contributed by atoms with Crippen molar-refractivity contribution >= 4 is 28.4 Å². The van der Waals surface area contributed by atoms with Gasteiger partial charge < -0.3 is 9.47 Å². The fourth-order valence-corrected chi connectivity index (χ4v) is 9.12. The number of carbonyl (C=O) groups excluding carboxylic acids is 1. The lowest BCUT2D eigenvalue weighted by Crippen LogP contribution is -2.56. The molecule has 5 rings (SSSR count). The van der Waals surface area contributed by atoms with Gasteiger partial charge in [0, 0.05) is 29.1 Å². The average Bonchev–Trinajstić information content (AvgIpc) is 3.22. The normalized spacial score (nSPS) is 49.7. The third kappa shape index (κ3) is 2.46. The summed E-state index contributed by atoms with van der Waals surface area (Å²) < 4.78 is 13.3. The first-order valence-electron chi connectivity index (χ1n) is 10.9. The molecule has 0 radical (unpaired) electrons. The largest absolute Gasteiger partial charge is 0.348 e. The van der Waals surface area contributed by atoms with Gasteiger partial charge >= 0.3 is 0 Å². The van der Waals surface area contributed by atoms with Crippen LogP contribution in [0.2, 0.25) is 0 Å². The van der Waals surface area contributed by atoms with E-state index in [9.17, 15) is 4.79 Å². The second kappa shape index (κ2) is 6.41. The Morgan fingerprint density at radius 3 is 2.62 bits per heavy atom. The van der Waals surface area contributed by atoms with Gasteiger partial charge in [-0.3, -0.25) is 4.79 Å². The number of fused-ring (bicyclic) bond motifs is 5. The molecule has 0 aromatic rings. The molecule has 3 nitrogen and oxygen atoms in total. The van der Waals surface area contributed by atoms with Gasteiger partial charge in [-0.2, -0.15) is 0 Å². The molecule has 0 amide bonds. The van der Waals surface area contributed by atoms with Crippen LogP contribution in [0.3, 0.4) is 0 Å². The minimum absolute atomic E-state index is 0.0547. The maximum atomic E-state index is 12.9. The number of ether oxygens (including phenoxy) is 2. The summed E-state index contributed by atoms with van der Waals surface area (Å²) in [4.78, 5) is 12.9. The van der Waals surface area contributed by atoms with Gasteiger partial charge in [0.25, 0.3) is 0 Å². The third-order valence-electron chi connectivity index (χ3n) is 9.47. The van der Waals surface area contributed by atoms with Crippen LogP contribution in [0.25, 0.3) is 0 Å². The standard InChI is InChI=1S/C22H33IO3/c1-20-8-9-22(25-12-13-26-22)14-15(20)2-3-16-17(20)6-7-21(10-11-23)18(16)4-5-19(21)24/h15-18H,2-14H2,1H3/t15?,16?,17?,18?,20-,21+/m0/s1. The van der Waals surface area contributed by atoms with Crippen LogP contribution in [0.5, 0.6) is 0 Å². The molecular formula is C22H33IO3. The molecule has 5 fully saturated rings. The Balaban J connectivity index is 1.41. The van der Waals surface area contributed by atoms with E-state index >= 15 is 0 Å². The molecule has 5 aliphatic rings. The first-order chi connectivity index (χ1) is 12.5. The molecule has 0 aromatic carbocycles. The predicted octanol–water partition coefficient (Wildman–Crippen LogP) is 5.15. The van der Waals surface area contributed by atoms with Gasteiger partial charge in [0.15, 0.2) is 5.79 Å². The molecule has 0 aromatic heterocycles. The SMILES string of the molecule is C[C@]12CCC3(CC1CCC1C4CCC(=O)[C@@]4(CCI)CCC12)OCCO3. The summed E-state index contributed by atoms with van der Waals surface area (Å²) in [6.07, 6.45) is 11.7. The van der Waals surface area contributed by atoms with Crippen LogP contribution in [-0.2, 0) is 14.3 Å². The summed E-state index contributed by atoms with van der Waals surface area (Å²) in [6, 6.07) is 0. The van der Waals surface area contributed by atoms with Gasteiger partial charge in [-0.15, -0.1) is 0 Å². The van der Waals surface area contributed by atoms with E-state index in [4.69, 9.17) is 9.47 Å². The number of halogens is 1. The summed E-state index contributed by atoms with van der Waals surface area (Å²) in [5.41, 5.74) is 0.491. The molecular weight excluding hydrogens is 439 g/mol. The summed E-state index contributed by atoms with van der Waals surface area (Å²) in [6.45, 7) is 4.13. The van der Waals surface area contributed by atoms with Crippen LogP contribution in [0.4, 0.5) is 0 Å². The maximum absolute atomic E-state index is 12.9. The number of rotatable bonds is 2. The number of carbonyl (C=O) groups is 1. The molecule has 26 heavy (non-hydrogen) atoms. The molecule has 1 heterocycles. The van der Waals surface area contributed by atoms with Gasteiger partial charge in [0.2, 0.25) is 0 Å². The minimum atomic E-state index is -0.250. The topological polar surface area (TPSA) is 35.5 Å². The summed E-state index contributed by atoms with van der Waals surface area (Å²) >= 11 is 2.49. The third-order valence-corrected chi connectivity index (χ3v) is 10.0. The molecule has 1 saturated heterocycles. The Hall–Kier alpha value is 0.320. The Kier molecular flexibility index (Phi) is 4.53. The molecule has 1 spiro atoms. The van der Waals surface area contributed by atoms with Gasteiger partial charge in [-0.25, -0.2) is 0 Å². The number of alkyl halides is 1. The van der Waals surface area contributed by atoms with Crippen LogP contribution in [0.1, 0.15) is 71.1 Å². The van der Waals surface area contributed by atoms with E-state index in [1.165, 1.54) is 38.5 Å². The van der Waals surface area contributed by atoms with Gasteiger partial charge in [0.05, 0.1) is 13.2 Å². The van der Waals surface area contributed by atoms with Crippen molar-refractivity contribution in [2.45, 2.75) is 76.9 Å². The van der Waals surface area contributed by atoms with Crippen molar-refractivity contribution in [1.82, 2.24) is 0 Å². The van der Waals surface area contributed by atoms with Crippen molar-refractivity contribution in [2.75, 3.05) is 17.6 Å². The molecule has 4 saturated carbocycles. The highest BCUT2D eigenvalue weighted by Gasteiger charge is 2.63. The Bertz CT molecular complexity index is 586. The van der Waals surface area contributed by atoms with E-state index < -0.39 is 0 Å². The van der Waals surface area contributed by atoms with E-state index in [2.05, 4.69) is 29.5 Å². The fourth-order valence-electron chi connectivity index (χ4n) is 8.16. The number of ketones is 1. The first-order valence-corrected chi connectivity index (χ1v) is 12.4.